The second kappa shape index (κ2) is 6.91. The summed E-state index contributed by atoms with van der Waals surface area (Å²) in [5, 5.41) is 0. The molecule has 0 spiro atoms. The molecule has 0 heterocycles. The molecule has 0 aromatic carbocycles. The fourth-order valence-corrected chi connectivity index (χ4v) is 3.50. The Hall–Kier alpha value is -1.22. The van der Waals surface area contributed by atoms with Gasteiger partial charge in [-0.3, -0.25) is 0 Å². The van der Waals surface area contributed by atoms with Crippen molar-refractivity contribution >= 4 is 6.21 Å². The van der Waals surface area contributed by atoms with Crippen LogP contribution in [0.15, 0.2) is 34.3 Å². The lowest BCUT2D eigenvalue weighted by atomic mass is 9.77. The average molecular weight is 305 g/mol. The van der Waals surface area contributed by atoms with E-state index in [2.05, 4.69) is 38.9 Å². The summed E-state index contributed by atoms with van der Waals surface area (Å²) in [5.41, 5.74) is 10.8. The van der Waals surface area contributed by atoms with Gasteiger partial charge >= 0.3 is 0 Å². The molecule has 2 aliphatic rings. The minimum atomic E-state index is -0.230. The first-order valence-electron chi connectivity index (χ1n) is 8.54. The third-order valence-corrected chi connectivity index (χ3v) is 5.08. The van der Waals surface area contributed by atoms with E-state index in [1.165, 1.54) is 29.7 Å². The molecule has 2 aliphatic carbocycles. The van der Waals surface area contributed by atoms with Crippen molar-refractivity contribution < 1.29 is 9.38 Å². The Morgan fingerprint density at radius 2 is 2.05 bits per heavy atom. The van der Waals surface area contributed by atoms with Crippen molar-refractivity contribution in [2.45, 2.75) is 59.8 Å². The number of rotatable bonds is 6. The quantitative estimate of drug-likeness (QED) is 0.727. The van der Waals surface area contributed by atoms with Crippen LogP contribution in [0, 0.1) is 11.3 Å². The fourth-order valence-electron chi connectivity index (χ4n) is 3.50. The van der Waals surface area contributed by atoms with Crippen LogP contribution < -0.4 is 10.7 Å². The Bertz CT molecular complexity index is 550. The van der Waals surface area contributed by atoms with Gasteiger partial charge in [0.05, 0.1) is 5.41 Å². The van der Waals surface area contributed by atoms with E-state index < -0.39 is 0 Å². The van der Waals surface area contributed by atoms with Crippen molar-refractivity contribution in [2.24, 2.45) is 17.1 Å². The number of allylic oxidation sites excluding steroid dienone is 5. The molecule has 0 radical (unpaired) electrons. The van der Waals surface area contributed by atoms with Crippen LogP contribution in [-0.2, 0) is 0 Å². The molecule has 3 N–H and O–H groups in total. The number of nitrogens with two attached hydrogens (primary N) is 1. The maximum atomic E-state index is 13.7. The highest BCUT2D eigenvalue weighted by Gasteiger charge is 2.34. The lowest BCUT2D eigenvalue weighted by molar-refractivity contribution is -0.413. The molecule has 3 heteroatoms. The van der Waals surface area contributed by atoms with E-state index in [-0.39, 0.29) is 11.2 Å². The predicted octanol–water partition coefficient (Wildman–Crippen LogP) is 3.16. The third-order valence-electron chi connectivity index (χ3n) is 5.08. The van der Waals surface area contributed by atoms with Crippen LogP contribution in [0.2, 0.25) is 0 Å². The van der Waals surface area contributed by atoms with Crippen molar-refractivity contribution in [1.82, 2.24) is 0 Å². The Labute approximate surface area is 134 Å². The molecule has 22 heavy (non-hydrogen) atoms. The van der Waals surface area contributed by atoms with Gasteiger partial charge in [0.25, 0.3) is 0 Å². The van der Waals surface area contributed by atoms with Gasteiger partial charge in [-0.2, -0.15) is 0 Å². The van der Waals surface area contributed by atoms with Crippen molar-refractivity contribution in [3.05, 3.63) is 34.3 Å². The van der Waals surface area contributed by atoms with Gasteiger partial charge in [0.2, 0.25) is 0 Å². The first-order chi connectivity index (χ1) is 10.4. The van der Waals surface area contributed by atoms with Crippen LogP contribution in [0.25, 0.3) is 0 Å². The van der Waals surface area contributed by atoms with Crippen LogP contribution in [0.5, 0.6) is 0 Å². The zero-order valence-electron chi connectivity index (χ0n) is 14.4. The molecule has 0 aromatic rings. The molecule has 0 saturated heterocycles. The molecule has 1 atom stereocenters. The maximum Gasteiger partial charge on any atom is 0.181 e. The van der Waals surface area contributed by atoms with Crippen molar-refractivity contribution in [2.75, 3.05) is 6.54 Å². The summed E-state index contributed by atoms with van der Waals surface area (Å²) < 4.78 is 13.7. The normalized spacial score (nSPS) is 23.2. The molecular weight excluding hydrogens is 275 g/mol. The van der Waals surface area contributed by atoms with E-state index in [1.54, 1.807) is 6.08 Å². The van der Waals surface area contributed by atoms with Crippen LogP contribution in [0.3, 0.4) is 0 Å². The van der Waals surface area contributed by atoms with Crippen molar-refractivity contribution in [3.8, 4) is 0 Å². The molecule has 2 nitrogen and oxygen atoms in total. The minimum Gasteiger partial charge on any atom is -0.327 e. The highest BCUT2D eigenvalue weighted by molar-refractivity contribution is 5.67. The monoisotopic (exact) mass is 305 g/mol. The molecule has 0 aromatic heterocycles. The van der Waals surface area contributed by atoms with E-state index in [4.69, 9.17) is 5.73 Å². The van der Waals surface area contributed by atoms with Crippen LogP contribution in [0.1, 0.15) is 59.8 Å². The summed E-state index contributed by atoms with van der Waals surface area (Å²) in [5.74, 6) is 0.626. The summed E-state index contributed by atoms with van der Waals surface area (Å²) in [4.78, 5) is 3.55. The van der Waals surface area contributed by atoms with Gasteiger partial charge in [-0.1, -0.05) is 19.4 Å². The first kappa shape index (κ1) is 17.1. The molecule has 0 aliphatic heterocycles. The number of nitrogens with one attached hydrogen (secondary N) is 1. The molecule has 0 saturated carbocycles. The molecule has 0 bridgehead atoms. The number of hydrogen-bond acceptors (Lipinski definition) is 1. The lowest BCUT2D eigenvalue weighted by Crippen LogP contribution is -2.72. The topological polar surface area (TPSA) is 40.0 Å². The lowest BCUT2D eigenvalue weighted by Gasteiger charge is -2.28. The number of halogens is 1. The van der Waals surface area contributed by atoms with E-state index in [9.17, 15) is 4.39 Å². The Morgan fingerprint density at radius 1 is 1.32 bits per heavy atom. The average Bonchev–Trinajstić information content (AvgIpc) is 2.47. The van der Waals surface area contributed by atoms with Crippen LogP contribution in [-0.4, -0.2) is 12.8 Å². The Kier molecular flexibility index (Phi) is 5.38. The molecule has 0 fully saturated rings. The van der Waals surface area contributed by atoms with Gasteiger partial charge < -0.3 is 5.73 Å². The van der Waals surface area contributed by atoms with Gasteiger partial charge in [-0.25, -0.2) is 9.38 Å². The van der Waals surface area contributed by atoms with E-state index >= 15 is 0 Å². The zero-order chi connectivity index (χ0) is 16.3. The fraction of sp³-hybridized carbons (Fsp3) is 0.632. The minimum absolute atomic E-state index is 0.0304. The molecule has 122 valence electrons. The Balaban J connectivity index is 2.27. The van der Waals surface area contributed by atoms with Crippen LogP contribution in [0.4, 0.5) is 4.39 Å². The second-order valence-electron chi connectivity index (χ2n) is 7.00. The van der Waals surface area contributed by atoms with Crippen LogP contribution >= 0.6 is 0 Å². The second-order valence-corrected chi connectivity index (χ2v) is 7.00. The van der Waals surface area contributed by atoms with Crippen molar-refractivity contribution in [3.63, 3.8) is 0 Å². The van der Waals surface area contributed by atoms with E-state index in [1.807, 2.05) is 0 Å². The summed E-state index contributed by atoms with van der Waals surface area (Å²) in [6.07, 6.45) is 8.55. The van der Waals surface area contributed by atoms with Gasteiger partial charge in [0, 0.05) is 18.9 Å². The van der Waals surface area contributed by atoms with Gasteiger partial charge in [-0.15, -0.1) is 0 Å². The molecular formula is C19H30FN2+. The summed E-state index contributed by atoms with van der Waals surface area (Å²) in [6, 6.07) is 0. The third kappa shape index (κ3) is 3.40. The predicted molar refractivity (Wildman–Crippen MR) is 91.0 cm³/mol. The van der Waals surface area contributed by atoms with Gasteiger partial charge in [0.15, 0.2) is 11.9 Å². The SMILES string of the molecule is CCC1=C([NH+]=CC(C)(C)C2=C(CN)CCC(F)=C2)[C@@H](CC)C1. The summed E-state index contributed by atoms with van der Waals surface area (Å²) in [6.45, 7) is 9.22. The van der Waals surface area contributed by atoms with Gasteiger partial charge in [-0.05, 0) is 56.8 Å². The summed E-state index contributed by atoms with van der Waals surface area (Å²) >= 11 is 0. The van der Waals surface area contributed by atoms with Gasteiger partial charge in [0.1, 0.15) is 5.83 Å². The standard InChI is InChI=1S/C19H29FN2/c1-5-13-9-14(6-2)18(13)22-12-19(3,4)17-10-16(20)8-7-15(17)11-21/h10,12-13H,5-9,11,21H2,1-4H3/p+1/t13-/m0/s1. The number of hydrogen-bond donors (Lipinski definition) is 2. The van der Waals surface area contributed by atoms with E-state index in [0.29, 0.717) is 18.9 Å². The summed E-state index contributed by atoms with van der Waals surface area (Å²) in [7, 11) is 0. The van der Waals surface area contributed by atoms with E-state index in [0.717, 1.165) is 18.4 Å². The molecule has 0 amide bonds. The smallest absolute Gasteiger partial charge is 0.181 e. The van der Waals surface area contributed by atoms with Crippen molar-refractivity contribution in [1.29, 1.82) is 0 Å². The highest BCUT2D eigenvalue weighted by atomic mass is 19.1. The first-order valence-corrected chi connectivity index (χ1v) is 8.54. The zero-order valence-corrected chi connectivity index (χ0v) is 14.4. The molecule has 2 rings (SSSR count). The molecule has 0 unspecified atom stereocenters. The highest BCUT2D eigenvalue weighted by Crippen LogP contribution is 2.36. The largest absolute Gasteiger partial charge is 0.327 e. The maximum absolute atomic E-state index is 13.7. The Morgan fingerprint density at radius 3 is 2.64 bits per heavy atom.